The summed E-state index contributed by atoms with van der Waals surface area (Å²) in [6.07, 6.45) is 1.55. The first-order valence-electron chi connectivity index (χ1n) is 11.7. The second-order valence-electron chi connectivity index (χ2n) is 9.10. The number of anilines is 1. The molecule has 0 saturated heterocycles. The van der Waals surface area contributed by atoms with Gasteiger partial charge in [-0.05, 0) is 49.7 Å². The third-order valence-electron chi connectivity index (χ3n) is 6.65. The van der Waals surface area contributed by atoms with Gasteiger partial charge in [0.15, 0.2) is 11.1 Å². The summed E-state index contributed by atoms with van der Waals surface area (Å²) in [6.45, 7) is 3.97. The molecule has 186 valence electrons. The van der Waals surface area contributed by atoms with Gasteiger partial charge in [-0.3, -0.25) is 14.5 Å². The first-order chi connectivity index (χ1) is 17.8. The Balaban J connectivity index is 1.59. The van der Waals surface area contributed by atoms with E-state index in [0.717, 1.165) is 0 Å². The molecule has 0 spiro atoms. The summed E-state index contributed by atoms with van der Waals surface area (Å²) in [5, 5.41) is 1.25. The molecule has 1 amide bonds. The van der Waals surface area contributed by atoms with Crippen LogP contribution in [0.4, 0.5) is 10.1 Å². The summed E-state index contributed by atoms with van der Waals surface area (Å²) in [4.78, 5) is 40.8. The van der Waals surface area contributed by atoms with Gasteiger partial charge in [0, 0.05) is 28.7 Å². The first-order valence-corrected chi connectivity index (χ1v) is 11.7. The molecule has 6 rings (SSSR count). The van der Waals surface area contributed by atoms with E-state index in [-0.39, 0.29) is 40.8 Å². The monoisotopic (exact) mass is 499 g/mol. The molecule has 2 aromatic heterocycles. The van der Waals surface area contributed by atoms with Crippen molar-refractivity contribution in [2.75, 3.05) is 19.1 Å². The molecule has 9 nitrogen and oxygen atoms in total. The van der Waals surface area contributed by atoms with Crippen LogP contribution in [0.2, 0.25) is 0 Å². The van der Waals surface area contributed by atoms with Gasteiger partial charge < -0.3 is 14.0 Å². The Morgan fingerprint density at radius 2 is 1.73 bits per heavy atom. The largest absolute Gasteiger partial charge is 0.480 e. The number of ether oxygens (including phenoxy) is 2. The fraction of sp³-hybridized carbons (Fsp3) is 0.222. The molecule has 0 saturated carbocycles. The van der Waals surface area contributed by atoms with Crippen molar-refractivity contribution >= 4 is 22.4 Å². The van der Waals surface area contributed by atoms with Crippen LogP contribution >= 0.6 is 0 Å². The van der Waals surface area contributed by atoms with Gasteiger partial charge >= 0.3 is 6.01 Å². The molecule has 10 heteroatoms. The zero-order valence-electron chi connectivity index (χ0n) is 20.5. The van der Waals surface area contributed by atoms with Crippen LogP contribution in [0.3, 0.4) is 0 Å². The number of hydrogen-bond acceptors (Lipinski definition) is 7. The molecule has 37 heavy (non-hydrogen) atoms. The van der Waals surface area contributed by atoms with E-state index in [1.165, 1.54) is 26.4 Å². The van der Waals surface area contributed by atoms with Crippen LogP contribution in [0.5, 0.6) is 11.9 Å². The molecule has 3 heterocycles. The lowest BCUT2D eigenvalue weighted by Crippen LogP contribution is -2.30. The van der Waals surface area contributed by atoms with E-state index in [4.69, 9.17) is 14.5 Å². The molecule has 0 radical (unpaired) electrons. The van der Waals surface area contributed by atoms with Gasteiger partial charge in [0.05, 0.1) is 25.5 Å². The van der Waals surface area contributed by atoms with Crippen molar-refractivity contribution in [2.45, 2.75) is 25.9 Å². The lowest BCUT2D eigenvalue weighted by molar-refractivity contribution is 0.0989. The third-order valence-corrected chi connectivity index (χ3v) is 6.65. The number of carbonyl (C=O) groups excluding carboxylic acids is 1. The Morgan fingerprint density at radius 3 is 2.38 bits per heavy atom. The van der Waals surface area contributed by atoms with E-state index in [2.05, 4.69) is 9.97 Å². The second kappa shape index (κ2) is 8.22. The van der Waals surface area contributed by atoms with Crippen molar-refractivity contribution in [3.05, 3.63) is 81.7 Å². The van der Waals surface area contributed by atoms with Crippen LogP contribution in [0.1, 0.15) is 47.7 Å². The summed E-state index contributed by atoms with van der Waals surface area (Å²) >= 11 is 0. The van der Waals surface area contributed by atoms with Gasteiger partial charge in [-0.1, -0.05) is 12.1 Å². The number of carbonyl (C=O) groups is 1. The van der Waals surface area contributed by atoms with Crippen molar-refractivity contribution in [3.63, 3.8) is 0 Å². The minimum absolute atomic E-state index is 0.0209. The maximum absolute atomic E-state index is 13.9. The Hall–Kier alpha value is -4.60. The zero-order valence-corrected chi connectivity index (χ0v) is 20.5. The molecular weight excluding hydrogens is 477 g/mol. The lowest BCUT2D eigenvalue weighted by atomic mass is 10.0. The summed E-state index contributed by atoms with van der Waals surface area (Å²) in [6, 6.07) is 10.7. The van der Waals surface area contributed by atoms with E-state index in [9.17, 15) is 14.0 Å². The van der Waals surface area contributed by atoms with Crippen LogP contribution in [-0.2, 0) is 0 Å². The molecule has 0 bridgehead atoms. The van der Waals surface area contributed by atoms with Gasteiger partial charge in [-0.15, -0.1) is 0 Å². The maximum Gasteiger partial charge on any atom is 0.319 e. The Kier molecular flexibility index (Phi) is 5.08. The number of amides is 1. The Labute approximate surface area is 210 Å². The first kappa shape index (κ1) is 22.8. The minimum Gasteiger partial charge on any atom is -0.480 e. The average Bonchev–Trinajstić information content (AvgIpc) is 3.25. The minimum atomic E-state index is -0.608. The maximum atomic E-state index is 13.9. The SMILES string of the molecule is COc1ncc(-c2nc3c(n2C(C)C)C(c2ccc(F)cc2)N(c2ccc4c(=O)c4c2)C3=O)c(OC)n1. The molecule has 0 N–H and O–H groups in total. The topological polar surface area (TPSA) is 99.4 Å². The van der Waals surface area contributed by atoms with Crippen molar-refractivity contribution in [2.24, 2.45) is 0 Å². The predicted molar refractivity (Wildman–Crippen MR) is 134 cm³/mol. The number of halogens is 1. The van der Waals surface area contributed by atoms with Crippen molar-refractivity contribution < 1.29 is 18.7 Å². The number of rotatable bonds is 6. The predicted octanol–water partition coefficient (Wildman–Crippen LogP) is 4.22. The van der Waals surface area contributed by atoms with E-state index in [1.807, 2.05) is 18.4 Å². The molecule has 1 atom stereocenters. The lowest BCUT2D eigenvalue weighted by Gasteiger charge is -2.28. The van der Waals surface area contributed by atoms with Crippen LogP contribution in [0.25, 0.3) is 22.2 Å². The molecule has 5 aromatic rings. The molecule has 3 aromatic carbocycles. The summed E-state index contributed by atoms with van der Waals surface area (Å²) in [5.74, 6) is 0.0134. The van der Waals surface area contributed by atoms with Crippen molar-refractivity contribution in [1.82, 2.24) is 19.5 Å². The number of benzene rings is 2. The summed E-state index contributed by atoms with van der Waals surface area (Å²) in [7, 11) is 2.95. The van der Waals surface area contributed by atoms with Gasteiger partial charge in [0.1, 0.15) is 17.7 Å². The highest BCUT2D eigenvalue weighted by atomic mass is 19.1. The van der Waals surface area contributed by atoms with Crippen molar-refractivity contribution in [3.8, 4) is 23.3 Å². The molecule has 1 aliphatic rings. The number of methoxy groups -OCH3 is 2. The number of imidazole rings is 1. The summed E-state index contributed by atoms with van der Waals surface area (Å²) in [5.41, 5.74) is 2.66. The van der Waals surface area contributed by atoms with E-state index in [1.54, 1.807) is 41.4 Å². The standard InChI is InChI=1S/C27H22FN5O4/c1-13(2)32-22-20(30-24(32)19-12-29-27(37-4)31-25(19)36-3)26(35)33(16-9-10-17-18(11-16)23(17)34)21(22)14-5-7-15(28)8-6-14/h5-13,21H,1-4H3. The number of hydrogen-bond donors (Lipinski definition) is 0. The van der Waals surface area contributed by atoms with Crippen LogP contribution in [0, 0.1) is 5.82 Å². The van der Waals surface area contributed by atoms with E-state index >= 15 is 0 Å². The molecule has 1 aliphatic heterocycles. The third kappa shape index (κ3) is 3.40. The highest BCUT2D eigenvalue weighted by Gasteiger charge is 2.45. The fourth-order valence-electron chi connectivity index (χ4n) is 4.93. The van der Waals surface area contributed by atoms with Crippen LogP contribution in [0.15, 0.2) is 53.5 Å². The van der Waals surface area contributed by atoms with Gasteiger partial charge in [-0.2, -0.15) is 4.98 Å². The normalized spacial score (nSPS) is 15.2. The van der Waals surface area contributed by atoms with Crippen LogP contribution < -0.4 is 19.8 Å². The number of nitrogens with zero attached hydrogens (tertiary/aromatic N) is 5. The Morgan fingerprint density at radius 1 is 0.973 bits per heavy atom. The smallest absolute Gasteiger partial charge is 0.319 e. The Bertz CT molecular complexity index is 1700. The fourth-order valence-corrected chi connectivity index (χ4v) is 4.93. The van der Waals surface area contributed by atoms with E-state index in [0.29, 0.717) is 39.1 Å². The quantitative estimate of drug-likeness (QED) is 0.345. The highest BCUT2D eigenvalue weighted by molar-refractivity contribution is 6.12. The molecular formula is C27H22FN5O4. The molecule has 1 unspecified atom stereocenters. The molecule has 0 fully saturated rings. The molecule has 0 aliphatic carbocycles. The van der Waals surface area contributed by atoms with Crippen LogP contribution in [-0.4, -0.2) is 39.6 Å². The van der Waals surface area contributed by atoms with E-state index < -0.39 is 6.04 Å². The average molecular weight is 500 g/mol. The number of aromatic nitrogens is 4. The van der Waals surface area contributed by atoms with Gasteiger partial charge in [0.25, 0.3) is 5.91 Å². The van der Waals surface area contributed by atoms with Crippen molar-refractivity contribution in [1.29, 1.82) is 0 Å². The van der Waals surface area contributed by atoms with Gasteiger partial charge in [-0.25, -0.2) is 14.4 Å². The highest BCUT2D eigenvalue weighted by Crippen LogP contribution is 2.45. The second-order valence-corrected chi connectivity index (χ2v) is 9.10. The summed E-state index contributed by atoms with van der Waals surface area (Å²) < 4.78 is 26.5. The zero-order chi connectivity index (χ0) is 26.0. The number of fused-ring (bicyclic) bond motifs is 2. The van der Waals surface area contributed by atoms with Gasteiger partial charge in [0.2, 0.25) is 5.88 Å².